The van der Waals surface area contributed by atoms with Crippen LogP contribution in [0.2, 0.25) is 5.02 Å². The lowest BCUT2D eigenvalue weighted by molar-refractivity contribution is 0.358. The number of rotatable bonds is 5. The van der Waals surface area contributed by atoms with Gasteiger partial charge in [0.15, 0.2) is 0 Å². The Morgan fingerprint density at radius 1 is 1.22 bits per heavy atom. The highest BCUT2D eigenvalue weighted by Crippen LogP contribution is 2.29. The second kappa shape index (κ2) is 5.88. The Labute approximate surface area is 113 Å². The summed E-state index contributed by atoms with van der Waals surface area (Å²) in [5.74, 6) is 0. The van der Waals surface area contributed by atoms with Crippen LogP contribution in [-0.4, -0.2) is 51.9 Å². The second-order valence-corrected chi connectivity index (χ2v) is 6.68. The highest BCUT2D eigenvalue weighted by atomic mass is 35.5. The van der Waals surface area contributed by atoms with Crippen molar-refractivity contribution in [2.45, 2.75) is 4.90 Å². The molecule has 0 aliphatic heterocycles. The van der Waals surface area contributed by atoms with Crippen LogP contribution in [0.25, 0.3) is 0 Å². The summed E-state index contributed by atoms with van der Waals surface area (Å²) in [5.41, 5.74) is 5.87. The third-order valence-corrected chi connectivity index (χ3v) is 4.93. The third-order valence-electron chi connectivity index (χ3n) is 2.53. The van der Waals surface area contributed by atoms with E-state index in [0.29, 0.717) is 13.1 Å². The first-order chi connectivity index (χ1) is 8.26. The van der Waals surface area contributed by atoms with Gasteiger partial charge in [0.05, 0.1) is 10.7 Å². The van der Waals surface area contributed by atoms with Gasteiger partial charge in [-0.05, 0) is 26.2 Å². The van der Waals surface area contributed by atoms with Crippen LogP contribution in [-0.2, 0) is 10.0 Å². The van der Waals surface area contributed by atoms with E-state index in [2.05, 4.69) is 0 Å². The molecular formula is C11H18ClN3O2S. The van der Waals surface area contributed by atoms with Gasteiger partial charge in [-0.15, -0.1) is 0 Å². The van der Waals surface area contributed by atoms with E-state index in [1.54, 1.807) is 6.07 Å². The first kappa shape index (κ1) is 15.2. The summed E-state index contributed by atoms with van der Waals surface area (Å²) in [6.45, 7) is 1.00. The standard InChI is InChI=1S/C11H18ClN3O2S/c1-14(2)7-8-15(3)18(16,17)11-9(12)5-4-6-10(11)13/h4-6H,7-8,13H2,1-3H3. The summed E-state index contributed by atoms with van der Waals surface area (Å²) in [4.78, 5) is 1.88. The van der Waals surface area contributed by atoms with Crippen LogP contribution in [0.5, 0.6) is 0 Å². The van der Waals surface area contributed by atoms with Gasteiger partial charge < -0.3 is 10.6 Å². The monoisotopic (exact) mass is 291 g/mol. The fourth-order valence-corrected chi connectivity index (χ4v) is 3.20. The van der Waals surface area contributed by atoms with Crippen molar-refractivity contribution in [3.05, 3.63) is 23.2 Å². The zero-order chi connectivity index (χ0) is 13.9. The van der Waals surface area contributed by atoms with E-state index in [0.717, 1.165) is 0 Å². The first-order valence-corrected chi connectivity index (χ1v) is 7.23. The smallest absolute Gasteiger partial charge is 0.246 e. The quantitative estimate of drug-likeness (QED) is 0.825. The Bertz CT molecular complexity index is 497. The molecule has 0 saturated heterocycles. The van der Waals surface area contributed by atoms with Gasteiger partial charge in [-0.2, -0.15) is 4.31 Å². The summed E-state index contributed by atoms with van der Waals surface area (Å²) in [6, 6.07) is 4.67. The van der Waals surface area contributed by atoms with E-state index in [-0.39, 0.29) is 15.6 Å². The number of halogens is 1. The third kappa shape index (κ3) is 3.35. The molecule has 0 fully saturated rings. The molecule has 18 heavy (non-hydrogen) atoms. The number of hydrogen-bond donors (Lipinski definition) is 1. The van der Waals surface area contributed by atoms with Crippen LogP contribution in [0.4, 0.5) is 5.69 Å². The van der Waals surface area contributed by atoms with Crippen LogP contribution >= 0.6 is 11.6 Å². The average Bonchev–Trinajstić information content (AvgIpc) is 2.25. The van der Waals surface area contributed by atoms with Crippen LogP contribution in [0, 0.1) is 0 Å². The fraction of sp³-hybridized carbons (Fsp3) is 0.455. The summed E-state index contributed by atoms with van der Waals surface area (Å²) in [7, 11) is 1.63. The maximum Gasteiger partial charge on any atom is 0.246 e. The predicted molar refractivity (Wildman–Crippen MR) is 74.2 cm³/mol. The van der Waals surface area contributed by atoms with Gasteiger partial charge in [0.25, 0.3) is 0 Å². The van der Waals surface area contributed by atoms with E-state index in [4.69, 9.17) is 17.3 Å². The highest BCUT2D eigenvalue weighted by Gasteiger charge is 2.25. The van der Waals surface area contributed by atoms with Gasteiger partial charge >= 0.3 is 0 Å². The van der Waals surface area contributed by atoms with Gasteiger partial charge in [-0.1, -0.05) is 17.7 Å². The average molecular weight is 292 g/mol. The molecule has 1 aromatic rings. The first-order valence-electron chi connectivity index (χ1n) is 5.42. The molecule has 0 unspecified atom stereocenters. The van der Waals surface area contributed by atoms with Crippen LogP contribution < -0.4 is 5.73 Å². The van der Waals surface area contributed by atoms with Crippen molar-refractivity contribution in [1.82, 2.24) is 9.21 Å². The normalized spacial score (nSPS) is 12.3. The van der Waals surface area contributed by atoms with Crippen molar-refractivity contribution in [1.29, 1.82) is 0 Å². The van der Waals surface area contributed by atoms with Gasteiger partial charge in [-0.25, -0.2) is 8.42 Å². The molecular weight excluding hydrogens is 274 g/mol. The zero-order valence-corrected chi connectivity index (χ0v) is 12.3. The number of nitrogens with zero attached hydrogens (tertiary/aromatic N) is 2. The molecule has 7 heteroatoms. The molecule has 1 aromatic carbocycles. The summed E-state index contributed by atoms with van der Waals surface area (Å²) >= 11 is 5.92. The number of likely N-dealkylation sites (N-methyl/N-ethyl adjacent to an activating group) is 2. The van der Waals surface area contributed by atoms with E-state index in [1.165, 1.54) is 23.5 Å². The molecule has 5 nitrogen and oxygen atoms in total. The lowest BCUT2D eigenvalue weighted by Gasteiger charge is -2.20. The van der Waals surface area contributed by atoms with E-state index < -0.39 is 10.0 Å². The van der Waals surface area contributed by atoms with Gasteiger partial charge in [0, 0.05) is 20.1 Å². The number of anilines is 1. The molecule has 0 aliphatic rings. The van der Waals surface area contributed by atoms with Crippen molar-refractivity contribution in [3.63, 3.8) is 0 Å². The van der Waals surface area contributed by atoms with Gasteiger partial charge in [0.1, 0.15) is 4.90 Å². The molecule has 102 valence electrons. The molecule has 1 rings (SSSR count). The molecule has 0 spiro atoms. The largest absolute Gasteiger partial charge is 0.398 e. The molecule has 0 heterocycles. The predicted octanol–water partition coefficient (Wildman–Crippen LogP) is 1.10. The van der Waals surface area contributed by atoms with Crippen LogP contribution in [0.15, 0.2) is 23.1 Å². The highest BCUT2D eigenvalue weighted by molar-refractivity contribution is 7.89. The van der Waals surface area contributed by atoms with Gasteiger partial charge in [-0.3, -0.25) is 0 Å². The molecule has 0 amide bonds. The lowest BCUT2D eigenvalue weighted by Crippen LogP contribution is -2.34. The van der Waals surface area contributed by atoms with Crippen LogP contribution in [0.1, 0.15) is 0 Å². The minimum absolute atomic E-state index is 0.0204. The Kier molecular flexibility index (Phi) is 4.98. The Morgan fingerprint density at radius 2 is 1.83 bits per heavy atom. The summed E-state index contributed by atoms with van der Waals surface area (Å²) in [5, 5.41) is 0.145. The SMILES string of the molecule is CN(C)CCN(C)S(=O)(=O)c1c(N)cccc1Cl. The van der Waals surface area contributed by atoms with Crippen molar-refractivity contribution < 1.29 is 8.42 Å². The Morgan fingerprint density at radius 3 is 2.33 bits per heavy atom. The Balaban J connectivity index is 3.06. The van der Waals surface area contributed by atoms with Gasteiger partial charge in [0.2, 0.25) is 10.0 Å². The number of nitrogen functional groups attached to an aromatic ring is 1. The number of benzene rings is 1. The second-order valence-electron chi connectivity index (χ2n) is 4.29. The van der Waals surface area contributed by atoms with Crippen molar-refractivity contribution in [2.24, 2.45) is 0 Å². The summed E-state index contributed by atoms with van der Waals surface area (Å²) in [6.07, 6.45) is 0. The number of hydrogen-bond acceptors (Lipinski definition) is 4. The summed E-state index contributed by atoms with van der Waals surface area (Å²) < 4.78 is 25.9. The molecule has 0 radical (unpaired) electrons. The molecule has 0 atom stereocenters. The van der Waals surface area contributed by atoms with E-state index >= 15 is 0 Å². The van der Waals surface area contributed by atoms with E-state index in [9.17, 15) is 8.42 Å². The van der Waals surface area contributed by atoms with E-state index in [1.807, 2.05) is 19.0 Å². The minimum atomic E-state index is -3.65. The number of nitrogens with two attached hydrogens (primary N) is 1. The zero-order valence-electron chi connectivity index (χ0n) is 10.7. The van der Waals surface area contributed by atoms with Crippen molar-refractivity contribution >= 4 is 27.3 Å². The molecule has 0 saturated carbocycles. The molecule has 0 bridgehead atoms. The van der Waals surface area contributed by atoms with Crippen LogP contribution in [0.3, 0.4) is 0 Å². The molecule has 0 aliphatic carbocycles. The minimum Gasteiger partial charge on any atom is -0.398 e. The van der Waals surface area contributed by atoms with Crippen molar-refractivity contribution in [3.8, 4) is 0 Å². The maximum atomic E-state index is 12.3. The molecule has 2 N–H and O–H groups in total. The molecule has 0 aromatic heterocycles. The maximum absolute atomic E-state index is 12.3. The Hall–Kier alpha value is -0.820. The topological polar surface area (TPSA) is 66.6 Å². The number of sulfonamides is 1. The van der Waals surface area contributed by atoms with Crippen molar-refractivity contribution in [2.75, 3.05) is 40.0 Å². The fourth-order valence-electron chi connectivity index (χ4n) is 1.41. The lowest BCUT2D eigenvalue weighted by atomic mass is 10.3.